The molecule has 1 aromatic rings. The molecular formula is C17H26N4S2. The SMILES string of the molecule is Cc1ccc(NC(=S)NNC(=S)N[C@H]2CCCC[C@H]2C)c(C)c1. The molecule has 1 aliphatic rings. The van der Waals surface area contributed by atoms with E-state index >= 15 is 0 Å². The van der Waals surface area contributed by atoms with Crippen LogP contribution in [-0.4, -0.2) is 16.3 Å². The standard InChI is InChI=1S/C17H26N4S2/c1-11-8-9-15(13(3)10-11)19-17(23)21-20-16(22)18-14-7-5-4-6-12(14)2/h8-10,12,14H,4-7H2,1-3H3,(H2,18,20,22)(H2,19,21,23)/t12-,14+/m1/s1. The Balaban J connectivity index is 1.76. The maximum Gasteiger partial charge on any atom is 0.189 e. The minimum absolute atomic E-state index is 0.450. The molecule has 1 fully saturated rings. The number of nitrogens with one attached hydrogen (secondary N) is 4. The molecule has 2 atom stereocenters. The average molecular weight is 351 g/mol. The first kappa shape index (κ1) is 17.9. The van der Waals surface area contributed by atoms with Crippen molar-refractivity contribution in [3.05, 3.63) is 29.3 Å². The van der Waals surface area contributed by atoms with Gasteiger partial charge in [0.1, 0.15) is 0 Å². The lowest BCUT2D eigenvalue weighted by molar-refractivity contribution is 0.308. The van der Waals surface area contributed by atoms with Crippen molar-refractivity contribution in [2.24, 2.45) is 5.92 Å². The van der Waals surface area contributed by atoms with Gasteiger partial charge in [-0.25, -0.2) is 0 Å². The molecule has 4 nitrogen and oxygen atoms in total. The Labute approximate surface area is 149 Å². The van der Waals surface area contributed by atoms with Gasteiger partial charge in [0.05, 0.1) is 0 Å². The molecule has 1 saturated carbocycles. The Kier molecular flexibility index (Phi) is 6.59. The molecule has 0 radical (unpaired) electrons. The zero-order chi connectivity index (χ0) is 16.8. The molecule has 6 heteroatoms. The van der Waals surface area contributed by atoms with Crippen LogP contribution < -0.4 is 21.5 Å². The van der Waals surface area contributed by atoms with E-state index in [4.69, 9.17) is 24.4 Å². The van der Waals surface area contributed by atoms with Crippen molar-refractivity contribution in [2.45, 2.75) is 52.5 Å². The highest BCUT2D eigenvalue weighted by atomic mass is 32.1. The number of rotatable bonds is 2. The van der Waals surface area contributed by atoms with Crippen molar-refractivity contribution >= 4 is 40.3 Å². The Morgan fingerprint density at radius 1 is 1.04 bits per heavy atom. The minimum Gasteiger partial charge on any atom is -0.358 e. The van der Waals surface area contributed by atoms with Gasteiger partial charge >= 0.3 is 0 Å². The van der Waals surface area contributed by atoms with Crippen LogP contribution in [0, 0.1) is 19.8 Å². The van der Waals surface area contributed by atoms with E-state index in [1.54, 1.807) is 0 Å². The molecule has 1 aromatic carbocycles. The number of hydrogen-bond donors (Lipinski definition) is 4. The Morgan fingerprint density at radius 2 is 1.74 bits per heavy atom. The van der Waals surface area contributed by atoms with E-state index in [1.165, 1.54) is 31.2 Å². The summed E-state index contributed by atoms with van der Waals surface area (Å²) in [5, 5.41) is 7.64. The molecule has 0 saturated heterocycles. The summed E-state index contributed by atoms with van der Waals surface area (Å²) in [6.07, 6.45) is 5.03. The van der Waals surface area contributed by atoms with Crippen LogP contribution in [-0.2, 0) is 0 Å². The number of thiocarbonyl (C=S) groups is 2. The number of aryl methyl sites for hydroxylation is 2. The third-order valence-corrected chi connectivity index (χ3v) is 4.77. The van der Waals surface area contributed by atoms with Gasteiger partial charge < -0.3 is 10.6 Å². The minimum atomic E-state index is 0.450. The molecule has 4 N–H and O–H groups in total. The van der Waals surface area contributed by atoms with Gasteiger partial charge in [-0.1, -0.05) is 37.5 Å². The lowest BCUT2D eigenvalue weighted by Gasteiger charge is -2.30. The monoisotopic (exact) mass is 350 g/mol. The molecule has 0 unspecified atom stereocenters. The van der Waals surface area contributed by atoms with Crippen LogP contribution in [0.1, 0.15) is 43.7 Å². The predicted molar refractivity (Wildman–Crippen MR) is 106 cm³/mol. The van der Waals surface area contributed by atoms with Gasteiger partial charge in [0, 0.05) is 11.7 Å². The Morgan fingerprint density at radius 3 is 2.43 bits per heavy atom. The number of hydrazine groups is 1. The zero-order valence-corrected chi connectivity index (χ0v) is 15.7. The fraction of sp³-hybridized carbons (Fsp3) is 0.529. The first-order valence-corrected chi connectivity index (χ1v) is 8.98. The van der Waals surface area contributed by atoms with Gasteiger partial charge in [0.2, 0.25) is 0 Å². The molecule has 0 bridgehead atoms. The van der Waals surface area contributed by atoms with E-state index in [0.29, 0.717) is 22.2 Å². The molecule has 2 rings (SSSR count). The van der Waals surface area contributed by atoms with Crippen LogP contribution in [0.2, 0.25) is 0 Å². The van der Waals surface area contributed by atoms with Crippen LogP contribution in [0.15, 0.2) is 18.2 Å². The second-order valence-corrected chi connectivity index (χ2v) is 7.18. The Bertz CT molecular complexity index is 574. The topological polar surface area (TPSA) is 48.1 Å². The fourth-order valence-corrected chi connectivity index (χ4v) is 3.32. The van der Waals surface area contributed by atoms with Gasteiger partial charge in [0.25, 0.3) is 0 Å². The van der Waals surface area contributed by atoms with Crippen LogP contribution in [0.4, 0.5) is 5.69 Å². The van der Waals surface area contributed by atoms with Crippen LogP contribution >= 0.6 is 24.4 Å². The van der Waals surface area contributed by atoms with Gasteiger partial charge in [0.15, 0.2) is 10.2 Å². The summed E-state index contributed by atoms with van der Waals surface area (Å²) in [7, 11) is 0. The van der Waals surface area contributed by atoms with Gasteiger partial charge in [-0.05, 0) is 68.7 Å². The predicted octanol–water partition coefficient (Wildman–Crippen LogP) is 3.55. The summed E-state index contributed by atoms with van der Waals surface area (Å²) >= 11 is 10.6. The van der Waals surface area contributed by atoms with Gasteiger partial charge in [-0.15, -0.1) is 0 Å². The lowest BCUT2D eigenvalue weighted by atomic mass is 9.86. The highest BCUT2D eigenvalue weighted by Gasteiger charge is 2.21. The number of hydrogen-bond acceptors (Lipinski definition) is 2. The van der Waals surface area contributed by atoms with Crippen LogP contribution in [0.3, 0.4) is 0 Å². The molecule has 0 amide bonds. The van der Waals surface area contributed by atoms with Crippen LogP contribution in [0.25, 0.3) is 0 Å². The maximum absolute atomic E-state index is 5.34. The number of benzene rings is 1. The number of anilines is 1. The first-order valence-electron chi connectivity index (χ1n) is 8.16. The third-order valence-electron chi connectivity index (χ3n) is 4.35. The molecule has 0 spiro atoms. The quantitative estimate of drug-likeness (QED) is 0.483. The largest absolute Gasteiger partial charge is 0.358 e. The fourth-order valence-electron chi connectivity index (χ4n) is 2.96. The Hall–Kier alpha value is -1.40. The summed E-state index contributed by atoms with van der Waals surface area (Å²) < 4.78 is 0. The summed E-state index contributed by atoms with van der Waals surface area (Å²) in [5.74, 6) is 0.656. The molecule has 0 heterocycles. The molecule has 1 aliphatic carbocycles. The van der Waals surface area contributed by atoms with Crippen molar-refractivity contribution in [3.8, 4) is 0 Å². The lowest BCUT2D eigenvalue weighted by Crippen LogP contribution is -2.52. The normalized spacial score (nSPS) is 20.5. The van der Waals surface area contributed by atoms with E-state index in [2.05, 4.69) is 54.4 Å². The van der Waals surface area contributed by atoms with Gasteiger partial charge in [-0.2, -0.15) is 0 Å². The van der Waals surface area contributed by atoms with E-state index in [9.17, 15) is 0 Å². The zero-order valence-electron chi connectivity index (χ0n) is 14.0. The van der Waals surface area contributed by atoms with E-state index in [-0.39, 0.29) is 0 Å². The summed E-state index contributed by atoms with van der Waals surface area (Å²) in [4.78, 5) is 0. The molecule has 126 valence electrons. The second-order valence-electron chi connectivity index (χ2n) is 6.36. The highest BCUT2D eigenvalue weighted by Crippen LogP contribution is 2.23. The van der Waals surface area contributed by atoms with Crippen molar-refractivity contribution in [1.82, 2.24) is 16.2 Å². The highest BCUT2D eigenvalue weighted by molar-refractivity contribution is 7.80. The van der Waals surface area contributed by atoms with Crippen molar-refractivity contribution < 1.29 is 0 Å². The first-order chi connectivity index (χ1) is 11.0. The van der Waals surface area contributed by atoms with E-state index in [1.807, 2.05) is 6.07 Å². The van der Waals surface area contributed by atoms with E-state index < -0.39 is 0 Å². The van der Waals surface area contributed by atoms with Gasteiger partial charge in [-0.3, -0.25) is 10.9 Å². The second kappa shape index (κ2) is 8.45. The van der Waals surface area contributed by atoms with E-state index in [0.717, 1.165) is 11.3 Å². The van der Waals surface area contributed by atoms with Crippen molar-refractivity contribution in [3.63, 3.8) is 0 Å². The average Bonchev–Trinajstić information content (AvgIpc) is 2.50. The van der Waals surface area contributed by atoms with Crippen molar-refractivity contribution in [1.29, 1.82) is 0 Å². The maximum atomic E-state index is 5.34. The summed E-state index contributed by atoms with van der Waals surface area (Å²) in [6.45, 7) is 6.41. The summed E-state index contributed by atoms with van der Waals surface area (Å²) in [6, 6.07) is 6.65. The van der Waals surface area contributed by atoms with Crippen molar-refractivity contribution in [2.75, 3.05) is 5.32 Å². The molecule has 0 aromatic heterocycles. The molecular weight excluding hydrogens is 324 g/mol. The smallest absolute Gasteiger partial charge is 0.189 e. The van der Waals surface area contributed by atoms with Crippen LogP contribution in [0.5, 0.6) is 0 Å². The third kappa shape index (κ3) is 5.62. The summed E-state index contributed by atoms with van der Waals surface area (Å²) in [5.41, 5.74) is 9.30. The molecule has 23 heavy (non-hydrogen) atoms. The molecule has 0 aliphatic heterocycles.